The Hall–Kier alpha value is -1.13. The molecule has 2 heterocycles. The van der Waals surface area contributed by atoms with E-state index in [1.165, 1.54) is 25.0 Å². The average Bonchev–Trinajstić information content (AvgIpc) is 2.89. The number of hydrogen-bond acceptors (Lipinski definition) is 2. The number of benzene rings is 1. The third-order valence-electron chi connectivity index (χ3n) is 3.45. The van der Waals surface area contributed by atoms with Gasteiger partial charge in [0.25, 0.3) is 0 Å². The number of rotatable bonds is 2. The van der Waals surface area contributed by atoms with E-state index in [2.05, 4.69) is 49.0 Å². The Kier molecular flexibility index (Phi) is 3.48. The van der Waals surface area contributed by atoms with E-state index in [0.29, 0.717) is 6.04 Å². The van der Waals surface area contributed by atoms with Crippen molar-refractivity contribution < 1.29 is 0 Å². The summed E-state index contributed by atoms with van der Waals surface area (Å²) >= 11 is 3.61. The zero-order valence-corrected chi connectivity index (χ0v) is 11.7. The first-order valence-corrected chi connectivity index (χ1v) is 7.16. The van der Waals surface area contributed by atoms with Crippen molar-refractivity contribution in [1.29, 1.82) is 0 Å². The predicted molar refractivity (Wildman–Crippen MR) is 75.9 cm³/mol. The van der Waals surface area contributed by atoms with Crippen molar-refractivity contribution in [3.63, 3.8) is 0 Å². The van der Waals surface area contributed by atoms with Gasteiger partial charge in [0.15, 0.2) is 0 Å². The molecule has 1 unspecified atom stereocenters. The molecule has 0 saturated carbocycles. The Morgan fingerprint density at radius 3 is 2.94 bits per heavy atom. The molecular weight excluding hydrogens is 290 g/mol. The van der Waals surface area contributed by atoms with Gasteiger partial charge in [-0.1, -0.05) is 18.6 Å². The molecular formula is C14H16BrN3. The van der Waals surface area contributed by atoms with E-state index in [9.17, 15) is 0 Å². The van der Waals surface area contributed by atoms with E-state index in [1.54, 1.807) is 0 Å². The fraction of sp³-hybridized carbons (Fsp3) is 0.357. The second-order valence-electron chi connectivity index (χ2n) is 4.64. The molecule has 1 atom stereocenters. The first-order valence-electron chi connectivity index (χ1n) is 6.37. The van der Waals surface area contributed by atoms with Gasteiger partial charge in [0.05, 0.1) is 23.9 Å². The number of aromatic nitrogens is 2. The van der Waals surface area contributed by atoms with Gasteiger partial charge >= 0.3 is 0 Å². The van der Waals surface area contributed by atoms with Crippen molar-refractivity contribution in [1.82, 2.24) is 14.9 Å². The number of imidazole rings is 1. The van der Waals surface area contributed by atoms with Crippen molar-refractivity contribution in [3.8, 4) is 5.69 Å². The molecule has 0 aliphatic carbocycles. The summed E-state index contributed by atoms with van der Waals surface area (Å²) in [5.74, 6) is 0. The first kappa shape index (κ1) is 11.9. The number of nitrogens with one attached hydrogen (secondary N) is 1. The summed E-state index contributed by atoms with van der Waals surface area (Å²) in [5.41, 5.74) is 2.40. The van der Waals surface area contributed by atoms with Crippen LogP contribution in [0.5, 0.6) is 0 Å². The van der Waals surface area contributed by atoms with Crippen LogP contribution < -0.4 is 5.32 Å². The van der Waals surface area contributed by atoms with E-state index in [-0.39, 0.29) is 0 Å². The van der Waals surface area contributed by atoms with Crippen LogP contribution in [0.3, 0.4) is 0 Å². The van der Waals surface area contributed by atoms with E-state index in [1.807, 2.05) is 18.6 Å². The summed E-state index contributed by atoms with van der Waals surface area (Å²) in [5, 5.41) is 3.57. The number of piperidine rings is 1. The highest BCUT2D eigenvalue weighted by Crippen LogP contribution is 2.27. The largest absolute Gasteiger partial charge is 0.309 e. The second-order valence-corrected chi connectivity index (χ2v) is 5.50. The highest BCUT2D eigenvalue weighted by atomic mass is 79.9. The molecule has 18 heavy (non-hydrogen) atoms. The molecule has 1 fully saturated rings. The lowest BCUT2D eigenvalue weighted by Crippen LogP contribution is -2.28. The molecule has 3 nitrogen and oxygen atoms in total. The van der Waals surface area contributed by atoms with Crippen molar-refractivity contribution >= 4 is 15.9 Å². The first-order chi connectivity index (χ1) is 8.86. The highest BCUT2D eigenvalue weighted by Gasteiger charge is 2.19. The maximum atomic E-state index is 4.32. The predicted octanol–water partition coefficient (Wildman–Crippen LogP) is 3.45. The molecule has 1 aliphatic heterocycles. The Labute approximate surface area is 115 Å². The molecule has 2 aromatic rings. The lowest BCUT2D eigenvalue weighted by atomic mass is 10.0. The molecule has 1 aromatic heterocycles. The van der Waals surface area contributed by atoms with Crippen molar-refractivity contribution in [2.24, 2.45) is 0 Å². The third-order valence-corrected chi connectivity index (χ3v) is 4.12. The molecule has 1 saturated heterocycles. The van der Waals surface area contributed by atoms with Gasteiger partial charge in [0.2, 0.25) is 0 Å². The summed E-state index contributed by atoms with van der Waals surface area (Å²) in [6, 6.07) is 8.68. The molecule has 3 rings (SSSR count). The van der Waals surface area contributed by atoms with Gasteiger partial charge in [-0.25, -0.2) is 4.98 Å². The van der Waals surface area contributed by atoms with Gasteiger partial charge in [-0.05, 0) is 47.4 Å². The van der Waals surface area contributed by atoms with Crippen LogP contribution >= 0.6 is 15.9 Å². The fourth-order valence-electron chi connectivity index (χ4n) is 2.52. The van der Waals surface area contributed by atoms with E-state index in [4.69, 9.17) is 0 Å². The summed E-state index contributed by atoms with van der Waals surface area (Å²) in [6.45, 7) is 1.10. The average molecular weight is 306 g/mol. The third kappa shape index (κ3) is 2.22. The number of nitrogens with zero attached hydrogens (tertiary/aromatic N) is 2. The molecule has 0 amide bonds. The van der Waals surface area contributed by atoms with Crippen LogP contribution in [0.25, 0.3) is 5.69 Å². The van der Waals surface area contributed by atoms with Gasteiger partial charge < -0.3 is 9.88 Å². The monoisotopic (exact) mass is 305 g/mol. The summed E-state index contributed by atoms with van der Waals surface area (Å²) in [6.07, 6.45) is 7.63. The van der Waals surface area contributed by atoms with Crippen LogP contribution in [-0.2, 0) is 0 Å². The maximum absolute atomic E-state index is 4.32. The molecule has 1 aliphatic rings. The lowest BCUT2D eigenvalue weighted by Gasteiger charge is -2.24. The minimum atomic E-state index is 0.424. The van der Waals surface area contributed by atoms with Gasteiger partial charge in [0.1, 0.15) is 0 Å². The van der Waals surface area contributed by atoms with Gasteiger partial charge in [-0.15, -0.1) is 0 Å². The smallest absolute Gasteiger partial charge is 0.0995 e. The van der Waals surface area contributed by atoms with Crippen LogP contribution in [0.1, 0.15) is 31.0 Å². The SMILES string of the molecule is Brc1ccccc1-n1cncc1C1CCCCN1. The number of hydrogen-bond donors (Lipinski definition) is 1. The van der Waals surface area contributed by atoms with Crippen LogP contribution in [0.2, 0.25) is 0 Å². The Balaban J connectivity index is 1.98. The standard InChI is InChI=1S/C14H16BrN3/c15-11-5-1-2-7-13(11)18-10-16-9-14(18)12-6-3-4-8-17-12/h1-2,5,7,9-10,12,17H,3-4,6,8H2. The Morgan fingerprint density at radius 1 is 1.28 bits per heavy atom. The normalized spacial score (nSPS) is 19.9. The molecule has 0 radical (unpaired) electrons. The van der Waals surface area contributed by atoms with E-state index < -0.39 is 0 Å². The van der Waals surface area contributed by atoms with Crippen molar-refractivity contribution in [2.45, 2.75) is 25.3 Å². The number of halogens is 1. The van der Waals surface area contributed by atoms with Crippen LogP contribution in [-0.4, -0.2) is 16.1 Å². The molecule has 0 spiro atoms. The summed E-state index contributed by atoms with van der Waals surface area (Å²) < 4.78 is 3.27. The second kappa shape index (κ2) is 5.24. The quantitative estimate of drug-likeness (QED) is 0.921. The van der Waals surface area contributed by atoms with Gasteiger partial charge in [0, 0.05) is 10.5 Å². The minimum absolute atomic E-state index is 0.424. The Morgan fingerprint density at radius 2 is 2.17 bits per heavy atom. The van der Waals surface area contributed by atoms with Gasteiger partial charge in [-0.3, -0.25) is 0 Å². The highest BCUT2D eigenvalue weighted by molar-refractivity contribution is 9.10. The molecule has 0 bridgehead atoms. The topological polar surface area (TPSA) is 29.9 Å². The van der Waals surface area contributed by atoms with Crippen LogP contribution in [0, 0.1) is 0 Å². The van der Waals surface area contributed by atoms with Crippen LogP contribution in [0.4, 0.5) is 0 Å². The van der Waals surface area contributed by atoms with Gasteiger partial charge in [-0.2, -0.15) is 0 Å². The van der Waals surface area contributed by atoms with E-state index in [0.717, 1.165) is 16.7 Å². The number of para-hydroxylation sites is 1. The molecule has 94 valence electrons. The summed E-state index contributed by atoms with van der Waals surface area (Å²) in [7, 11) is 0. The van der Waals surface area contributed by atoms with Crippen molar-refractivity contribution in [3.05, 3.63) is 47.0 Å². The fourth-order valence-corrected chi connectivity index (χ4v) is 2.99. The van der Waals surface area contributed by atoms with E-state index >= 15 is 0 Å². The zero-order valence-electron chi connectivity index (χ0n) is 10.1. The molecule has 4 heteroatoms. The zero-order chi connectivity index (χ0) is 12.4. The Bertz CT molecular complexity index is 529. The minimum Gasteiger partial charge on any atom is -0.309 e. The molecule has 1 N–H and O–H groups in total. The molecule has 1 aromatic carbocycles. The summed E-state index contributed by atoms with van der Waals surface area (Å²) in [4.78, 5) is 4.32. The maximum Gasteiger partial charge on any atom is 0.0995 e. The van der Waals surface area contributed by atoms with Crippen LogP contribution in [0.15, 0.2) is 41.3 Å². The lowest BCUT2D eigenvalue weighted by molar-refractivity contribution is 0.402. The van der Waals surface area contributed by atoms with Crippen molar-refractivity contribution in [2.75, 3.05) is 6.54 Å².